The van der Waals surface area contributed by atoms with Crippen molar-refractivity contribution < 1.29 is 0 Å². The summed E-state index contributed by atoms with van der Waals surface area (Å²) >= 11 is 3.56. The standard InChI is InChI=1S/C13H17BrN4O/c1-18-4-2-3-8(7-18)15-10-6-12-11(5-9(10)14)16-13(19)17-12/h5-6,8,15H,2-4,7H2,1H3,(H2,16,17,19). The fourth-order valence-electron chi connectivity index (χ4n) is 2.67. The van der Waals surface area contributed by atoms with E-state index in [0.29, 0.717) is 6.04 Å². The third kappa shape index (κ3) is 2.69. The van der Waals surface area contributed by atoms with Gasteiger partial charge in [-0.2, -0.15) is 0 Å². The zero-order chi connectivity index (χ0) is 13.4. The van der Waals surface area contributed by atoms with Gasteiger partial charge in [0.15, 0.2) is 0 Å². The smallest absolute Gasteiger partial charge is 0.323 e. The number of fused-ring (bicyclic) bond motifs is 1. The number of aromatic amines is 2. The summed E-state index contributed by atoms with van der Waals surface area (Å²) in [6.07, 6.45) is 2.40. The van der Waals surface area contributed by atoms with E-state index in [4.69, 9.17) is 0 Å². The second-order valence-electron chi connectivity index (χ2n) is 5.20. The summed E-state index contributed by atoms with van der Waals surface area (Å²) in [5.74, 6) is 0. The molecule has 1 fully saturated rings. The number of likely N-dealkylation sites (N-methyl/N-ethyl adjacent to an activating group) is 1. The lowest BCUT2D eigenvalue weighted by molar-refractivity contribution is 0.261. The number of piperidine rings is 1. The van der Waals surface area contributed by atoms with E-state index in [9.17, 15) is 4.79 Å². The molecule has 0 radical (unpaired) electrons. The Morgan fingerprint density at radius 1 is 1.37 bits per heavy atom. The van der Waals surface area contributed by atoms with Gasteiger partial charge in [-0.15, -0.1) is 0 Å². The number of benzene rings is 1. The number of halogens is 1. The molecule has 0 spiro atoms. The van der Waals surface area contributed by atoms with Crippen LogP contribution in [0.15, 0.2) is 21.4 Å². The molecule has 0 saturated carbocycles. The van der Waals surface area contributed by atoms with Crippen LogP contribution in [0.25, 0.3) is 11.0 Å². The number of aromatic nitrogens is 2. The fraction of sp³-hybridized carbons (Fsp3) is 0.462. The first-order valence-corrected chi connectivity index (χ1v) is 7.28. The number of imidazole rings is 1. The van der Waals surface area contributed by atoms with Gasteiger partial charge in [0.2, 0.25) is 0 Å². The molecule has 0 bridgehead atoms. The summed E-state index contributed by atoms with van der Waals surface area (Å²) in [5, 5.41) is 3.56. The zero-order valence-electron chi connectivity index (χ0n) is 10.8. The molecule has 1 aliphatic rings. The second-order valence-corrected chi connectivity index (χ2v) is 6.06. The summed E-state index contributed by atoms with van der Waals surface area (Å²) in [6.45, 7) is 2.22. The third-order valence-electron chi connectivity index (χ3n) is 3.59. The molecule has 102 valence electrons. The lowest BCUT2D eigenvalue weighted by atomic mass is 10.1. The van der Waals surface area contributed by atoms with Crippen LogP contribution in [0.4, 0.5) is 5.69 Å². The highest BCUT2D eigenvalue weighted by Gasteiger charge is 2.18. The molecule has 1 saturated heterocycles. The van der Waals surface area contributed by atoms with Crippen molar-refractivity contribution in [2.75, 3.05) is 25.5 Å². The second kappa shape index (κ2) is 5.02. The van der Waals surface area contributed by atoms with E-state index in [-0.39, 0.29) is 5.69 Å². The minimum absolute atomic E-state index is 0.170. The van der Waals surface area contributed by atoms with Gasteiger partial charge in [0.1, 0.15) is 0 Å². The highest BCUT2D eigenvalue weighted by atomic mass is 79.9. The molecular weight excluding hydrogens is 308 g/mol. The van der Waals surface area contributed by atoms with Crippen molar-refractivity contribution in [2.24, 2.45) is 0 Å². The van der Waals surface area contributed by atoms with Crippen molar-refractivity contribution in [3.05, 3.63) is 27.1 Å². The van der Waals surface area contributed by atoms with Crippen molar-refractivity contribution in [3.8, 4) is 0 Å². The van der Waals surface area contributed by atoms with Gasteiger partial charge in [-0.3, -0.25) is 0 Å². The molecule has 2 heterocycles. The van der Waals surface area contributed by atoms with Crippen molar-refractivity contribution in [2.45, 2.75) is 18.9 Å². The predicted octanol–water partition coefficient (Wildman–Crippen LogP) is 2.12. The van der Waals surface area contributed by atoms with E-state index in [2.05, 4.69) is 43.2 Å². The molecule has 1 atom stereocenters. The van der Waals surface area contributed by atoms with Gasteiger partial charge in [-0.05, 0) is 54.5 Å². The molecule has 1 unspecified atom stereocenters. The molecule has 1 aromatic carbocycles. The van der Waals surface area contributed by atoms with E-state index in [1.165, 1.54) is 19.4 Å². The molecule has 1 aromatic heterocycles. The van der Waals surface area contributed by atoms with Crippen molar-refractivity contribution in [1.29, 1.82) is 0 Å². The largest absolute Gasteiger partial charge is 0.380 e. The van der Waals surface area contributed by atoms with Crippen LogP contribution >= 0.6 is 15.9 Å². The summed E-state index contributed by atoms with van der Waals surface area (Å²) < 4.78 is 0.975. The molecule has 3 N–H and O–H groups in total. The van der Waals surface area contributed by atoms with Crippen molar-refractivity contribution in [1.82, 2.24) is 14.9 Å². The van der Waals surface area contributed by atoms with Gasteiger partial charge < -0.3 is 20.2 Å². The van der Waals surface area contributed by atoms with E-state index in [1.54, 1.807) is 0 Å². The van der Waals surface area contributed by atoms with Crippen LogP contribution in [0.1, 0.15) is 12.8 Å². The van der Waals surface area contributed by atoms with Crippen LogP contribution in [-0.2, 0) is 0 Å². The summed E-state index contributed by atoms with van der Waals surface area (Å²) in [7, 11) is 2.15. The van der Waals surface area contributed by atoms with Gasteiger partial charge in [0.05, 0.1) is 16.7 Å². The first-order chi connectivity index (χ1) is 9.11. The number of nitrogens with one attached hydrogen (secondary N) is 3. The van der Waals surface area contributed by atoms with Gasteiger partial charge in [0.25, 0.3) is 0 Å². The minimum Gasteiger partial charge on any atom is -0.380 e. The molecular formula is C13H17BrN4O. The zero-order valence-corrected chi connectivity index (χ0v) is 12.4. The Kier molecular flexibility index (Phi) is 3.36. The average molecular weight is 325 g/mol. The number of rotatable bonds is 2. The molecule has 0 aliphatic carbocycles. The predicted molar refractivity (Wildman–Crippen MR) is 80.8 cm³/mol. The monoisotopic (exact) mass is 324 g/mol. The maximum atomic E-state index is 11.3. The summed E-state index contributed by atoms with van der Waals surface area (Å²) in [4.78, 5) is 19.2. The van der Waals surface area contributed by atoms with Crippen LogP contribution in [0.2, 0.25) is 0 Å². The first kappa shape index (κ1) is 12.7. The van der Waals surface area contributed by atoms with Crippen molar-refractivity contribution >= 4 is 32.7 Å². The van der Waals surface area contributed by atoms with Crippen molar-refractivity contribution in [3.63, 3.8) is 0 Å². The highest BCUT2D eigenvalue weighted by molar-refractivity contribution is 9.10. The fourth-order valence-corrected chi connectivity index (χ4v) is 3.13. The molecule has 2 aromatic rings. The number of nitrogens with zero attached hydrogens (tertiary/aromatic N) is 1. The highest BCUT2D eigenvalue weighted by Crippen LogP contribution is 2.28. The number of hydrogen-bond donors (Lipinski definition) is 3. The molecule has 19 heavy (non-hydrogen) atoms. The Hall–Kier alpha value is -1.27. The number of hydrogen-bond acceptors (Lipinski definition) is 3. The summed E-state index contributed by atoms with van der Waals surface area (Å²) in [5.41, 5.74) is 2.52. The maximum absolute atomic E-state index is 11.3. The SMILES string of the molecule is CN1CCCC(Nc2cc3[nH]c(=O)[nH]c3cc2Br)C1. The molecule has 3 rings (SSSR count). The topological polar surface area (TPSA) is 63.9 Å². The van der Waals surface area contributed by atoms with Gasteiger partial charge in [0, 0.05) is 17.1 Å². The van der Waals surface area contributed by atoms with Gasteiger partial charge >= 0.3 is 5.69 Å². The Labute approximate surface area is 119 Å². The van der Waals surface area contributed by atoms with Gasteiger partial charge in [-0.25, -0.2) is 4.79 Å². The van der Waals surface area contributed by atoms with Crippen LogP contribution in [-0.4, -0.2) is 41.0 Å². The van der Waals surface area contributed by atoms with E-state index >= 15 is 0 Å². The molecule has 6 heteroatoms. The van der Waals surface area contributed by atoms with Crippen LogP contribution < -0.4 is 11.0 Å². The Balaban J connectivity index is 1.87. The van der Waals surface area contributed by atoms with E-state index < -0.39 is 0 Å². The Morgan fingerprint density at radius 2 is 2.11 bits per heavy atom. The Bertz CT molecular complexity index is 648. The maximum Gasteiger partial charge on any atom is 0.323 e. The summed E-state index contributed by atoms with van der Waals surface area (Å²) in [6, 6.07) is 4.37. The molecule has 0 amide bonds. The van der Waals surface area contributed by atoms with Crippen LogP contribution in [0.5, 0.6) is 0 Å². The van der Waals surface area contributed by atoms with Crippen LogP contribution in [0.3, 0.4) is 0 Å². The lowest BCUT2D eigenvalue weighted by Gasteiger charge is -2.31. The number of anilines is 1. The number of H-pyrrole nitrogens is 2. The normalized spacial score (nSPS) is 20.8. The lowest BCUT2D eigenvalue weighted by Crippen LogP contribution is -2.39. The van der Waals surface area contributed by atoms with Crippen LogP contribution in [0, 0.1) is 0 Å². The number of likely N-dealkylation sites (tertiary alicyclic amines) is 1. The molecule has 1 aliphatic heterocycles. The van der Waals surface area contributed by atoms with E-state index in [1.807, 2.05) is 12.1 Å². The molecule has 5 nitrogen and oxygen atoms in total. The minimum atomic E-state index is -0.170. The quantitative estimate of drug-likeness (QED) is 0.793. The van der Waals surface area contributed by atoms with Gasteiger partial charge in [-0.1, -0.05) is 0 Å². The third-order valence-corrected chi connectivity index (χ3v) is 4.24. The first-order valence-electron chi connectivity index (χ1n) is 6.48. The van der Waals surface area contributed by atoms with E-state index in [0.717, 1.165) is 27.7 Å². The average Bonchev–Trinajstić information content (AvgIpc) is 2.69. The Morgan fingerprint density at radius 3 is 2.84 bits per heavy atom.